The summed E-state index contributed by atoms with van der Waals surface area (Å²) in [6, 6.07) is 13.2. The number of halogens is 3. The minimum absolute atomic E-state index is 0.188. The summed E-state index contributed by atoms with van der Waals surface area (Å²) >= 11 is 1.29. The van der Waals surface area contributed by atoms with E-state index in [0.717, 1.165) is 25.1 Å². The maximum atomic E-state index is 15.3. The van der Waals surface area contributed by atoms with Crippen molar-refractivity contribution in [1.29, 1.82) is 0 Å². The lowest BCUT2D eigenvalue weighted by atomic mass is 10.1. The van der Waals surface area contributed by atoms with Crippen LogP contribution in [-0.4, -0.2) is 70.7 Å². The van der Waals surface area contributed by atoms with Gasteiger partial charge >= 0.3 is 12.5 Å². The molecule has 4 aromatic rings. The van der Waals surface area contributed by atoms with Crippen molar-refractivity contribution in [3.05, 3.63) is 83.9 Å². The van der Waals surface area contributed by atoms with Crippen LogP contribution in [0.25, 0.3) is 10.1 Å². The third kappa shape index (κ3) is 6.89. The molecule has 5 rings (SSSR count). The Morgan fingerprint density at radius 1 is 1.19 bits per heavy atom. The lowest BCUT2D eigenvalue weighted by Crippen LogP contribution is -2.46. The van der Waals surface area contributed by atoms with Crippen molar-refractivity contribution in [3.8, 4) is 11.5 Å². The molecule has 2 aromatic carbocycles. The Morgan fingerprint density at radius 2 is 1.95 bits per heavy atom. The van der Waals surface area contributed by atoms with Crippen LogP contribution in [-0.2, 0) is 14.3 Å². The molecule has 1 fully saturated rings. The van der Waals surface area contributed by atoms with E-state index in [-0.39, 0.29) is 24.3 Å². The number of rotatable bonds is 9. The van der Waals surface area contributed by atoms with Gasteiger partial charge in [-0.2, -0.15) is 13.4 Å². The van der Waals surface area contributed by atoms with E-state index in [0.29, 0.717) is 10.8 Å². The summed E-state index contributed by atoms with van der Waals surface area (Å²) in [6.07, 6.45) is 1.94. The molecular weight excluding hydrogens is 585 g/mol. The van der Waals surface area contributed by atoms with Gasteiger partial charge in [-0.3, -0.25) is 14.6 Å². The van der Waals surface area contributed by atoms with E-state index < -0.39 is 48.8 Å². The molecule has 1 saturated heterocycles. The normalized spacial score (nSPS) is 16.4. The molecule has 0 saturated carbocycles. The van der Waals surface area contributed by atoms with Crippen LogP contribution < -0.4 is 10.1 Å². The molecular formula is C30H26F3N4O5S+. The van der Waals surface area contributed by atoms with E-state index >= 15 is 4.39 Å². The number of aromatic nitrogens is 1. The average Bonchev–Trinajstić information content (AvgIpc) is 3.58. The molecule has 43 heavy (non-hydrogen) atoms. The Hall–Kier alpha value is -4.62. The standard InChI is InChI=1S/C30H25F3N4O5S/c1-17-6-8-19(9-7-17)41-23-5-3-4-21(27(23)31)29(40)36(2)16-26(38)37-15-20(42-30(32)33)13-22(37)28(39)35-25-12-18-14-34-11-10-24(18)43-25/h3-12,14,20,22,30H,2,13,15-16H2,1H3/p+1/t20-,22+/m1/s1. The Balaban J connectivity index is 1.29. The van der Waals surface area contributed by atoms with Gasteiger partial charge in [-0.15, -0.1) is 11.3 Å². The van der Waals surface area contributed by atoms with E-state index in [1.807, 2.05) is 6.92 Å². The van der Waals surface area contributed by atoms with Crippen LogP contribution >= 0.6 is 11.3 Å². The van der Waals surface area contributed by atoms with Crippen molar-refractivity contribution in [2.24, 2.45) is 0 Å². The van der Waals surface area contributed by atoms with Crippen LogP contribution in [0.4, 0.5) is 18.2 Å². The fraction of sp³-hybridized carbons (Fsp3) is 0.233. The molecule has 0 unspecified atom stereocenters. The second-order valence-electron chi connectivity index (χ2n) is 9.87. The van der Waals surface area contributed by atoms with Gasteiger partial charge in [0.05, 0.1) is 11.1 Å². The highest BCUT2D eigenvalue weighted by Crippen LogP contribution is 2.31. The monoisotopic (exact) mass is 611 g/mol. The van der Waals surface area contributed by atoms with Gasteiger partial charge in [0, 0.05) is 35.4 Å². The minimum Gasteiger partial charge on any atom is -0.454 e. The third-order valence-corrected chi connectivity index (χ3v) is 7.83. The third-order valence-electron chi connectivity index (χ3n) is 6.80. The number of benzene rings is 2. The van der Waals surface area contributed by atoms with Crippen molar-refractivity contribution >= 4 is 50.9 Å². The summed E-state index contributed by atoms with van der Waals surface area (Å²) in [5.41, 5.74) is 0.595. The molecule has 1 aliphatic heterocycles. The van der Waals surface area contributed by atoms with Gasteiger partial charge in [0.15, 0.2) is 11.6 Å². The highest BCUT2D eigenvalue weighted by molar-refractivity contribution is 7.22. The molecule has 9 nitrogen and oxygen atoms in total. The van der Waals surface area contributed by atoms with Crippen LogP contribution in [0.1, 0.15) is 22.3 Å². The number of carbonyl (C=O) groups is 3. The summed E-state index contributed by atoms with van der Waals surface area (Å²) in [7, 11) is 0. The molecule has 2 aromatic heterocycles. The number of anilines is 1. The number of hydrogen-bond acceptors (Lipinski definition) is 7. The number of carbonyl (C=O) groups excluding carboxylic acids is 3. The highest BCUT2D eigenvalue weighted by Gasteiger charge is 2.43. The molecule has 0 spiro atoms. The summed E-state index contributed by atoms with van der Waals surface area (Å²) < 4.78 is 53.1. The molecule has 222 valence electrons. The van der Waals surface area contributed by atoms with Crippen LogP contribution in [0.3, 0.4) is 0 Å². The van der Waals surface area contributed by atoms with Crippen molar-refractivity contribution in [2.45, 2.75) is 32.1 Å². The molecule has 0 bridgehead atoms. The molecule has 3 heterocycles. The summed E-state index contributed by atoms with van der Waals surface area (Å²) in [6.45, 7) is 1.41. The second kappa shape index (κ2) is 12.7. The number of ether oxygens (including phenoxy) is 2. The van der Waals surface area contributed by atoms with Gasteiger partial charge in [0.1, 0.15) is 24.1 Å². The van der Waals surface area contributed by atoms with Gasteiger partial charge in [-0.25, -0.2) is 9.18 Å². The van der Waals surface area contributed by atoms with Crippen LogP contribution in [0.15, 0.2) is 67.0 Å². The first kappa shape index (κ1) is 29.9. The van der Waals surface area contributed by atoms with Gasteiger partial charge < -0.3 is 19.7 Å². The maximum Gasteiger partial charge on any atom is 0.422 e. The number of alkyl halides is 2. The predicted molar refractivity (Wildman–Crippen MR) is 153 cm³/mol. The first-order chi connectivity index (χ1) is 20.6. The van der Waals surface area contributed by atoms with Crippen molar-refractivity contribution in [1.82, 2.24) is 9.88 Å². The molecule has 1 N–H and O–H groups in total. The first-order valence-electron chi connectivity index (χ1n) is 13.1. The topological polar surface area (TPSA) is 101 Å². The zero-order valence-corrected chi connectivity index (χ0v) is 23.7. The second-order valence-corrected chi connectivity index (χ2v) is 10.9. The fourth-order valence-corrected chi connectivity index (χ4v) is 5.63. The fourth-order valence-electron chi connectivity index (χ4n) is 4.70. The quantitative estimate of drug-likeness (QED) is 0.205. The van der Waals surface area contributed by atoms with E-state index in [9.17, 15) is 23.2 Å². The molecule has 13 heteroatoms. The predicted octanol–water partition coefficient (Wildman–Crippen LogP) is 5.24. The van der Waals surface area contributed by atoms with E-state index in [1.165, 1.54) is 29.5 Å². The van der Waals surface area contributed by atoms with E-state index in [4.69, 9.17) is 4.74 Å². The van der Waals surface area contributed by atoms with Crippen LogP contribution in [0.2, 0.25) is 0 Å². The van der Waals surface area contributed by atoms with E-state index in [1.54, 1.807) is 48.8 Å². The Labute approximate surface area is 248 Å². The Morgan fingerprint density at radius 3 is 2.67 bits per heavy atom. The molecule has 3 amide bonds. The minimum atomic E-state index is -3.11. The highest BCUT2D eigenvalue weighted by atomic mass is 32.1. The number of nitrogens with one attached hydrogen (secondary N) is 1. The van der Waals surface area contributed by atoms with Crippen molar-refractivity contribution < 1.29 is 41.6 Å². The number of amides is 3. The van der Waals surface area contributed by atoms with Crippen molar-refractivity contribution in [3.63, 3.8) is 0 Å². The summed E-state index contributed by atoms with van der Waals surface area (Å²) in [5.74, 6) is -3.06. The Kier molecular flexibility index (Phi) is 8.83. The van der Waals surface area contributed by atoms with Crippen LogP contribution in [0.5, 0.6) is 11.5 Å². The first-order valence-corrected chi connectivity index (χ1v) is 13.9. The zero-order chi connectivity index (χ0) is 30.7. The zero-order valence-electron chi connectivity index (χ0n) is 22.8. The number of likely N-dealkylation sites (tertiary alicyclic amines) is 1. The SMILES string of the molecule is C=[N+](CC(=O)N1C[C@H](OC(F)F)C[C@H]1C(=O)Nc1cc2cnccc2s1)C(=O)c1cccc(Oc2ccc(C)cc2)c1F. The number of thiophene rings is 1. The largest absolute Gasteiger partial charge is 0.454 e. The summed E-state index contributed by atoms with van der Waals surface area (Å²) in [4.78, 5) is 44.7. The van der Waals surface area contributed by atoms with Crippen LogP contribution in [0, 0.1) is 12.7 Å². The Bertz CT molecular complexity index is 1660. The maximum absolute atomic E-state index is 15.3. The van der Waals surface area contributed by atoms with Gasteiger partial charge in [0.25, 0.3) is 5.91 Å². The van der Waals surface area contributed by atoms with Gasteiger partial charge in [-0.05, 0) is 43.3 Å². The van der Waals surface area contributed by atoms with Gasteiger partial charge in [0.2, 0.25) is 12.5 Å². The molecule has 1 aliphatic rings. The number of hydrogen-bond donors (Lipinski definition) is 1. The number of nitrogens with zero attached hydrogens (tertiary/aromatic N) is 3. The molecule has 2 atom stereocenters. The van der Waals surface area contributed by atoms with Crippen molar-refractivity contribution in [2.75, 3.05) is 18.4 Å². The number of aryl methyl sites for hydroxylation is 1. The molecule has 0 aliphatic carbocycles. The molecule has 0 radical (unpaired) electrons. The average molecular weight is 612 g/mol. The summed E-state index contributed by atoms with van der Waals surface area (Å²) in [5, 5.41) is 4.01. The number of pyridine rings is 1. The van der Waals surface area contributed by atoms with Gasteiger partial charge in [-0.1, -0.05) is 23.8 Å². The lowest BCUT2D eigenvalue weighted by Gasteiger charge is -2.22. The van der Waals surface area contributed by atoms with E-state index in [2.05, 4.69) is 21.8 Å². The lowest BCUT2D eigenvalue weighted by molar-refractivity contribution is -0.409. The smallest absolute Gasteiger partial charge is 0.422 e. The number of fused-ring (bicyclic) bond motifs is 1.